The number of hydrogen-bond acceptors (Lipinski definition) is 3. The molecule has 20 heavy (non-hydrogen) atoms. The maximum absolute atomic E-state index is 12.9. The Hall–Kier alpha value is -2.76. The van der Waals surface area contributed by atoms with Crippen molar-refractivity contribution in [2.45, 2.75) is 0 Å². The third kappa shape index (κ3) is 3.38. The van der Waals surface area contributed by atoms with Crippen LogP contribution in [0, 0.1) is 5.82 Å². The van der Waals surface area contributed by atoms with Crippen LogP contribution in [0.15, 0.2) is 42.5 Å². The monoisotopic (exact) mass is 275 g/mol. The van der Waals surface area contributed by atoms with E-state index >= 15 is 0 Å². The van der Waals surface area contributed by atoms with E-state index in [2.05, 4.69) is 10.6 Å². The van der Waals surface area contributed by atoms with Crippen LogP contribution >= 0.6 is 0 Å². The summed E-state index contributed by atoms with van der Waals surface area (Å²) in [6.45, 7) is 0. The number of ether oxygens (including phenoxy) is 1. The van der Waals surface area contributed by atoms with Crippen molar-refractivity contribution < 1.29 is 13.9 Å². The normalized spacial score (nSPS) is 9.90. The molecule has 2 aromatic rings. The van der Waals surface area contributed by atoms with Gasteiger partial charge in [-0.3, -0.25) is 0 Å². The van der Waals surface area contributed by atoms with Gasteiger partial charge >= 0.3 is 6.03 Å². The highest BCUT2D eigenvalue weighted by Crippen LogP contribution is 2.20. The van der Waals surface area contributed by atoms with Gasteiger partial charge in [0.05, 0.1) is 18.5 Å². The molecule has 0 saturated heterocycles. The van der Waals surface area contributed by atoms with Crippen LogP contribution in [0.4, 0.5) is 26.2 Å². The number of carbonyl (C=O) groups excluding carboxylic acids is 1. The maximum Gasteiger partial charge on any atom is 0.323 e. The van der Waals surface area contributed by atoms with Gasteiger partial charge in [0.15, 0.2) is 0 Å². The van der Waals surface area contributed by atoms with Crippen molar-refractivity contribution in [3.8, 4) is 5.75 Å². The number of carbonyl (C=O) groups is 1. The molecule has 0 spiro atoms. The largest absolute Gasteiger partial charge is 0.497 e. The number of rotatable bonds is 3. The molecule has 0 unspecified atom stereocenters. The van der Waals surface area contributed by atoms with Gasteiger partial charge in [-0.1, -0.05) is 0 Å². The average molecular weight is 275 g/mol. The molecular formula is C14H14FN3O2. The first kappa shape index (κ1) is 13.7. The molecule has 0 atom stereocenters. The number of halogens is 1. The number of hydrogen-bond donors (Lipinski definition) is 3. The summed E-state index contributed by atoms with van der Waals surface area (Å²) in [7, 11) is 1.56. The Morgan fingerprint density at radius 2 is 1.85 bits per heavy atom. The van der Waals surface area contributed by atoms with Crippen molar-refractivity contribution in [1.29, 1.82) is 0 Å². The van der Waals surface area contributed by atoms with Gasteiger partial charge < -0.3 is 21.1 Å². The quantitative estimate of drug-likeness (QED) is 0.753. The summed E-state index contributed by atoms with van der Waals surface area (Å²) in [6, 6.07) is 10.1. The number of nitrogens with one attached hydrogen (secondary N) is 2. The lowest BCUT2D eigenvalue weighted by atomic mass is 10.2. The van der Waals surface area contributed by atoms with E-state index in [-0.39, 0.29) is 5.69 Å². The molecule has 0 fully saturated rings. The molecule has 0 radical (unpaired) electrons. The fourth-order valence-corrected chi connectivity index (χ4v) is 1.61. The number of benzene rings is 2. The van der Waals surface area contributed by atoms with Gasteiger partial charge in [-0.15, -0.1) is 0 Å². The lowest BCUT2D eigenvalue weighted by molar-refractivity contribution is 0.262. The maximum atomic E-state index is 12.9. The van der Waals surface area contributed by atoms with Crippen molar-refractivity contribution in [3.05, 3.63) is 48.3 Å². The van der Waals surface area contributed by atoms with Crippen LogP contribution in [0.1, 0.15) is 0 Å². The zero-order valence-electron chi connectivity index (χ0n) is 10.8. The molecule has 0 saturated carbocycles. The predicted octanol–water partition coefficient (Wildman–Crippen LogP) is 3.06. The molecule has 2 rings (SSSR count). The highest BCUT2D eigenvalue weighted by Gasteiger charge is 2.06. The molecule has 6 heteroatoms. The molecule has 0 aliphatic heterocycles. The van der Waals surface area contributed by atoms with Gasteiger partial charge in [-0.2, -0.15) is 0 Å². The van der Waals surface area contributed by atoms with Crippen LogP contribution in [0.5, 0.6) is 5.75 Å². The molecular weight excluding hydrogens is 261 g/mol. The van der Waals surface area contributed by atoms with Crippen LogP contribution in [-0.2, 0) is 0 Å². The van der Waals surface area contributed by atoms with Gasteiger partial charge in [0.1, 0.15) is 11.6 Å². The lowest BCUT2D eigenvalue weighted by Crippen LogP contribution is -2.20. The Kier molecular flexibility index (Phi) is 4.05. The molecule has 104 valence electrons. The van der Waals surface area contributed by atoms with Crippen LogP contribution in [-0.4, -0.2) is 13.1 Å². The van der Waals surface area contributed by atoms with Crippen molar-refractivity contribution in [3.63, 3.8) is 0 Å². The van der Waals surface area contributed by atoms with E-state index in [1.165, 1.54) is 12.1 Å². The SMILES string of the molecule is COc1ccc(NC(=O)Nc2ccc(F)cc2N)cc1. The Balaban J connectivity index is 2.01. The van der Waals surface area contributed by atoms with E-state index in [1.807, 2.05) is 0 Å². The predicted molar refractivity (Wildman–Crippen MR) is 76.4 cm³/mol. The minimum Gasteiger partial charge on any atom is -0.497 e. The smallest absolute Gasteiger partial charge is 0.323 e. The van der Waals surface area contributed by atoms with Crippen LogP contribution in [0.2, 0.25) is 0 Å². The van der Waals surface area contributed by atoms with Crippen LogP contribution < -0.4 is 21.1 Å². The fraction of sp³-hybridized carbons (Fsp3) is 0.0714. The van der Waals surface area contributed by atoms with E-state index in [1.54, 1.807) is 31.4 Å². The Labute approximate surface area is 115 Å². The standard InChI is InChI=1S/C14H14FN3O2/c1-20-11-5-3-10(4-6-11)17-14(19)18-13-7-2-9(15)8-12(13)16/h2-8H,16H2,1H3,(H2,17,18,19). The molecule has 2 amide bonds. The summed E-state index contributed by atoms with van der Waals surface area (Å²) >= 11 is 0. The molecule has 0 bridgehead atoms. The van der Waals surface area contributed by atoms with Gasteiger partial charge in [0.25, 0.3) is 0 Å². The molecule has 0 aromatic heterocycles. The van der Waals surface area contributed by atoms with Crippen LogP contribution in [0.3, 0.4) is 0 Å². The number of amides is 2. The van der Waals surface area contributed by atoms with Crippen molar-refractivity contribution in [2.24, 2.45) is 0 Å². The van der Waals surface area contributed by atoms with E-state index < -0.39 is 11.8 Å². The first-order chi connectivity index (χ1) is 9.58. The van der Waals surface area contributed by atoms with Gasteiger partial charge in [-0.25, -0.2) is 9.18 Å². The van der Waals surface area contributed by atoms with Crippen molar-refractivity contribution >= 4 is 23.1 Å². The molecule has 5 nitrogen and oxygen atoms in total. The second-order valence-corrected chi connectivity index (χ2v) is 4.04. The van der Waals surface area contributed by atoms with E-state index in [9.17, 15) is 9.18 Å². The summed E-state index contributed by atoms with van der Waals surface area (Å²) < 4.78 is 17.9. The minimum absolute atomic E-state index is 0.162. The van der Waals surface area contributed by atoms with E-state index in [4.69, 9.17) is 10.5 Å². The minimum atomic E-state index is -0.464. The zero-order valence-corrected chi connectivity index (χ0v) is 10.8. The molecule has 4 N–H and O–H groups in total. The number of urea groups is 1. The number of nitrogens with two attached hydrogens (primary N) is 1. The molecule has 2 aromatic carbocycles. The van der Waals surface area contributed by atoms with Crippen LogP contribution in [0.25, 0.3) is 0 Å². The summed E-state index contributed by atoms with van der Waals surface area (Å²) in [4.78, 5) is 11.8. The number of nitrogen functional groups attached to an aromatic ring is 1. The third-order valence-corrected chi connectivity index (χ3v) is 2.61. The van der Waals surface area contributed by atoms with Crippen molar-refractivity contribution in [1.82, 2.24) is 0 Å². The van der Waals surface area contributed by atoms with Gasteiger partial charge in [0, 0.05) is 5.69 Å². The lowest BCUT2D eigenvalue weighted by Gasteiger charge is -2.10. The van der Waals surface area contributed by atoms with E-state index in [0.717, 1.165) is 6.07 Å². The highest BCUT2D eigenvalue weighted by atomic mass is 19.1. The second-order valence-electron chi connectivity index (χ2n) is 4.04. The Morgan fingerprint density at radius 1 is 1.15 bits per heavy atom. The molecule has 0 aliphatic carbocycles. The molecule has 0 aliphatic rings. The third-order valence-electron chi connectivity index (χ3n) is 2.61. The highest BCUT2D eigenvalue weighted by molar-refractivity contribution is 6.01. The van der Waals surface area contributed by atoms with Gasteiger partial charge in [0.2, 0.25) is 0 Å². The zero-order chi connectivity index (χ0) is 14.5. The summed E-state index contributed by atoms with van der Waals surface area (Å²) in [6.07, 6.45) is 0. The summed E-state index contributed by atoms with van der Waals surface area (Å²) in [5.74, 6) is 0.238. The Bertz CT molecular complexity index is 614. The topological polar surface area (TPSA) is 76.4 Å². The van der Waals surface area contributed by atoms with Crippen molar-refractivity contribution in [2.75, 3.05) is 23.5 Å². The van der Waals surface area contributed by atoms with Gasteiger partial charge in [-0.05, 0) is 42.5 Å². The second kappa shape index (κ2) is 5.92. The average Bonchev–Trinajstić information content (AvgIpc) is 2.43. The Morgan fingerprint density at radius 3 is 2.45 bits per heavy atom. The number of anilines is 3. The summed E-state index contributed by atoms with van der Waals surface area (Å²) in [5.41, 5.74) is 6.71. The fourth-order valence-electron chi connectivity index (χ4n) is 1.61. The van der Waals surface area contributed by atoms with E-state index in [0.29, 0.717) is 17.1 Å². The first-order valence-electron chi connectivity index (χ1n) is 5.85. The first-order valence-corrected chi connectivity index (χ1v) is 5.85. The number of methoxy groups -OCH3 is 1. The summed E-state index contributed by atoms with van der Waals surface area (Å²) in [5, 5.41) is 5.17. The molecule has 0 heterocycles.